The Morgan fingerprint density at radius 3 is 2.37 bits per heavy atom. The van der Waals surface area contributed by atoms with Gasteiger partial charge in [0.25, 0.3) is 0 Å². The lowest BCUT2D eigenvalue weighted by Gasteiger charge is -2.13. The standard InChI is InChI=1S/C26H19N5O6S/c27-12-18-21(15-6-8-17(9-7-15)35-11-10-32)19(13-28)24(31-22(18)29)38-14-20-25(37-26(33)34)36-23(30-20)16-4-2-1-3-5-16/h1-9,32H,10-11,14H2,(H2,29,31)(H,33,34). The molecule has 0 unspecified atom stereocenters. The zero-order valence-electron chi connectivity index (χ0n) is 19.6. The summed E-state index contributed by atoms with van der Waals surface area (Å²) in [4.78, 5) is 19.8. The van der Waals surface area contributed by atoms with Crippen molar-refractivity contribution in [3.63, 3.8) is 0 Å². The van der Waals surface area contributed by atoms with E-state index in [-0.39, 0.29) is 58.5 Å². The highest BCUT2D eigenvalue weighted by atomic mass is 32.2. The lowest BCUT2D eigenvalue weighted by Crippen LogP contribution is -2.05. The number of aliphatic hydroxyl groups excluding tert-OH is 1. The summed E-state index contributed by atoms with van der Waals surface area (Å²) >= 11 is 1.06. The van der Waals surface area contributed by atoms with Crippen LogP contribution in [0.25, 0.3) is 22.6 Å². The van der Waals surface area contributed by atoms with Crippen molar-refractivity contribution in [2.75, 3.05) is 18.9 Å². The number of nitrogens with zero attached hydrogens (tertiary/aromatic N) is 4. The van der Waals surface area contributed by atoms with Crippen molar-refractivity contribution in [2.24, 2.45) is 0 Å². The molecule has 0 saturated carbocycles. The van der Waals surface area contributed by atoms with Crippen LogP contribution in [0.4, 0.5) is 10.6 Å². The minimum atomic E-state index is -1.57. The molecule has 0 aliphatic rings. The molecule has 0 radical (unpaired) electrons. The molecule has 0 spiro atoms. The Balaban J connectivity index is 1.71. The van der Waals surface area contributed by atoms with Crippen molar-refractivity contribution >= 4 is 23.7 Å². The number of carboxylic acid groups (broad SMARTS) is 1. The summed E-state index contributed by atoms with van der Waals surface area (Å²) in [6.45, 7) is -0.0190. The molecule has 4 aromatic rings. The smallest absolute Gasteiger partial charge is 0.491 e. The van der Waals surface area contributed by atoms with Crippen LogP contribution >= 0.6 is 11.8 Å². The highest BCUT2D eigenvalue weighted by molar-refractivity contribution is 7.98. The van der Waals surface area contributed by atoms with Gasteiger partial charge in [0.15, 0.2) is 0 Å². The molecule has 4 rings (SSSR count). The van der Waals surface area contributed by atoms with E-state index >= 15 is 0 Å². The Labute approximate surface area is 220 Å². The lowest BCUT2D eigenvalue weighted by atomic mass is 9.97. The fraction of sp³-hybridized carbons (Fsp3) is 0.115. The maximum Gasteiger partial charge on any atom is 0.513 e. The number of rotatable bonds is 9. The van der Waals surface area contributed by atoms with Gasteiger partial charge in [0, 0.05) is 16.9 Å². The van der Waals surface area contributed by atoms with E-state index in [1.165, 1.54) is 0 Å². The van der Waals surface area contributed by atoms with Crippen LogP contribution in [-0.2, 0) is 5.75 Å². The molecule has 0 saturated heterocycles. The van der Waals surface area contributed by atoms with Crippen LogP contribution in [0.1, 0.15) is 16.8 Å². The first kappa shape index (κ1) is 26.0. The van der Waals surface area contributed by atoms with Crippen LogP contribution in [0.3, 0.4) is 0 Å². The number of benzene rings is 2. The van der Waals surface area contributed by atoms with Gasteiger partial charge >= 0.3 is 12.1 Å². The molecule has 0 aliphatic heterocycles. The maximum absolute atomic E-state index is 11.2. The highest BCUT2D eigenvalue weighted by Gasteiger charge is 2.23. The van der Waals surface area contributed by atoms with Gasteiger partial charge in [-0.25, -0.2) is 14.8 Å². The predicted molar refractivity (Wildman–Crippen MR) is 136 cm³/mol. The first-order chi connectivity index (χ1) is 18.4. The van der Waals surface area contributed by atoms with E-state index in [1.54, 1.807) is 48.5 Å². The van der Waals surface area contributed by atoms with Crippen LogP contribution < -0.4 is 15.2 Å². The molecule has 2 aromatic carbocycles. The van der Waals surface area contributed by atoms with E-state index in [0.717, 1.165) is 11.8 Å². The van der Waals surface area contributed by atoms with Crippen LogP contribution in [0, 0.1) is 22.7 Å². The number of carbonyl (C=O) groups is 1. The van der Waals surface area contributed by atoms with E-state index in [9.17, 15) is 15.3 Å². The number of oxazole rings is 1. The molecule has 2 aromatic heterocycles. The second-order valence-corrected chi connectivity index (χ2v) is 8.49. The van der Waals surface area contributed by atoms with Gasteiger partial charge in [-0.3, -0.25) is 0 Å². The number of aromatic nitrogens is 2. The summed E-state index contributed by atoms with van der Waals surface area (Å²) in [5, 5.41) is 38.0. The number of pyridine rings is 1. The number of ether oxygens (including phenoxy) is 2. The molecule has 38 heavy (non-hydrogen) atoms. The minimum Gasteiger partial charge on any atom is -0.491 e. The van der Waals surface area contributed by atoms with Gasteiger partial charge in [-0.15, -0.1) is 0 Å². The van der Waals surface area contributed by atoms with Crippen molar-refractivity contribution in [2.45, 2.75) is 10.8 Å². The maximum atomic E-state index is 11.2. The number of thioether (sulfide) groups is 1. The quantitative estimate of drug-likeness (QED) is 0.204. The molecule has 0 aliphatic carbocycles. The van der Waals surface area contributed by atoms with Crippen LogP contribution in [0.15, 0.2) is 64.0 Å². The van der Waals surface area contributed by atoms with Gasteiger partial charge < -0.3 is 29.8 Å². The number of nitrogens with two attached hydrogens (primary N) is 1. The number of nitriles is 2. The zero-order chi connectivity index (χ0) is 27.1. The Hall–Kier alpha value is -5.04. The largest absolute Gasteiger partial charge is 0.513 e. The first-order valence-corrected chi connectivity index (χ1v) is 12.0. The molecule has 0 fully saturated rings. The Bertz CT molecular complexity index is 1540. The second-order valence-electron chi connectivity index (χ2n) is 7.52. The zero-order valence-corrected chi connectivity index (χ0v) is 20.4. The van der Waals surface area contributed by atoms with Crippen molar-refractivity contribution < 1.29 is 28.9 Å². The third kappa shape index (κ3) is 5.68. The van der Waals surface area contributed by atoms with Gasteiger partial charge in [0.2, 0.25) is 5.89 Å². The molecule has 12 heteroatoms. The van der Waals surface area contributed by atoms with E-state index in [2.05, 4.69) is 16.0 Å². The number of aliphatic hydroxyl groups is 1. The SMILES string of the molecule is N#Cc1c(N)nc(SCc2nc(-c3ccccc3)oc2OC(=O)O)c(C#N)c1-c1ccc(OCCO)cc1. The Kier molecular flexibility index (Phi) is 8.08. The monoisotopic (exact) mass is 529 g/mol. The molecule has 4 N–H and O–H groups in total. The molecule has 190 valence electrons. The van der Waals surface area contributed by atoms with Crippen LogP contribution in [0.5, 0.6) is 11.7 Å². The predicted octanol–water partition coefficient (Wildman–Crippen LogP) is 4.45. The van der Waals surface area contributed by atoms with Crippen molar-refractivity contribution in [1.29, 1.82) is 10.5 Å². The fourth-order valence-corrected chi connectivity index (χ4v) is 4.41. The molecule has 0 bridgehead atoms. The molecule has 0 atom stereocenters. The molecule has 2 heterocycles. The summed E-state index contributed by atoms with van der Waals surface area (Å²) in [5.41, 5.74) is 7.86. The van der Waals surface area contributed by atoms with E-state index < -0.39 is 6.16 Å². The molecular weight excluding hydrogens is 510 g/mol. The third-order valence-corrected chi connectivity index (χ3v) is 6.11. The minimum absolute atomic E-state index is 0.0271. The fourth-order valence-electron chi connectivity index (χ4n) is 3.50. The lowest BCUT2D eigenvalue weighted by molar-refractivity contribution is 0.133. The number of hydrogen-bond acceptors (Lipinski definition) is 11. The Morgan fingerprint density at radius 1 is 1.03 bits per heavy atom. The van der Waals surface area contributed by atoms with Crippen LogP contribution in [-0.4, -0.2) is 39.6 Å². The number of hydrogen-bond donors (Lipinski definition) is 3. The summed E-state index contributed by atoms with van der Waals surface area (Å²) in [5.74, 6) is 0.316. The molecule has 11 nitrogen and oxygen atoms in total. The molecular formula is C26H19N5O6S. The second kappa shape index (κ2) is 11.8. The van der Waals surface area contributed by atoms with E-state index in [1.807, 2.05) is 12.1 Å². The van der Waals surface area contributed by atoms with Crippen molar-refractivity contribution in [1.82, 2.24) is 9.97 Å². The normalized spacial score (nSPS) is 10.4. The summed E-state index contributed by atoms with van der Waals surface area (Å²) in [7, 11) is 0. The van der Waals surface area contributed by atoms with Gasteiger partial charge in [0.1, 0.15) is 46.6 Å². The third-order valence-electron chi connectivity index (χ3n) is 5.13. The van der Waals surface area contributed by atoms with Crippen molar-refractivity contribution in [3.05, 3.63) is 71.4 Å². The number of anilines is 1. The first-order valence-electron chi connectivity index (χ1n) is 11.0. The summed E-state index contributed by atoms with van der Waals surface area (Å²) in [6.07, 6.45) is -1.57. The van der Waals surface area contributed by atoms with E-state index in [0.29, 0.717) is 22.4 Å². The van der Waals surface area contributed by atoms with Gasteiger partial charge in [-0.2, -0.15) is 10.5 Å². The summed E-state index contributed by atoms with van der Waals surface area (Å²) < 4.78 is 15.7. The summed E-state index contributed by atoms with van der Waals surface area (Å²) in [6, 6.07) is 19.6. The topological polar surface area (TPSA) is 189 Å². The number of nitrogen functional groups attached to an aromatic ring is 1. The van der Waals surface area contributed by atoms with Crippen molar-refractivity contribution in [3.8, 4) is 46.4 Å². The average Bonchev–Trinajstić information content (AvgIpc) is 3.32. The highest BCUT2D eigenvalue weighted by Crippen LogP contribution is 2.38. The van der Waals surface area contributed by atoms with Gasteiger partial charge in [-0.1, -0.05) is 42.1 Å². The van der Waals surface area contributed by atoms with E-state index in [4.69, 9.17) is 29.8 Å². The van der Waals surface area contributed by atoms with Gasteiger partial charge in [0.05, 0.1) is 12.2 Å². The molecule has 0 amide bonds. The average molecular weight is 530 g/mol. The van der Waals surface area contributed by atoms with Gasteiger partial charge in [-0.05, 0) is 29.8 Å². The Morgan fingerprint density at radius 2 is 1.74 bits per heavy atom. The van der Waals surface area contributed by atoms with Crippen LogP contribution in [0.2, 0.25) is 0 Å².